The molecule has 1 aromatic carbocycles. The van der Waals surface area contributed by atoms with Gasteiger partial charge in [0.1, 0.15) is 0 Å². The number of carboxylic acid groups (broad SMARTS) is 1. The predicted octanol–water partition coefficient (Wildman–Crippen LogP) is 3.12. The summed E-state index contributed by atoms with van der Waals surface area (Å²) in [7, 11) is 0. The molecule has 122 valence electrons. The van der Waals surface area contributed by atoms with E-state index in [1.807, 2.05) is 30.3 Å². The summed E-state index contributed by atoms with van der Waals surface area (Å²) in [6.45, 7) is 6.50. The van der Waals surface area contributed by atoms with Crippen LogP contribution in [0.2, 0.25) is 0 Å². The summed E-state index contributed by atoms with van der Waals surface area (Å²) in [6.07, 6.45) is 1.88. The zero-order valence-electron chi connectivity index (χ0n) is 13.7. The second-order valence-electron chi connectivity index (χ2n) is 6.47. The normalized spacial score (nSPS) is 13.6. The van der Waals surface area contributed by atoms with Gasteiger partial charge in [0.25, 0.3) is 0 Å². The second kappa shape index (κ2) is 9.23. The molecule has 0 aliphatic rings. The van der Waals surface area contributed by atoms with Crippen molar-refractivity contribution in [3.8, 4) is 0 Å². The van der Waals surface area contributed by atoms with E-state index in [1.165, 1.54) is 0 Å². The number of hydrogen-bond acceptors (Lipinski definition) is 2. The minimum Gasteiger partial charge on any atom is -0.481 e. The van der Waals surface area contributed by atoms with Gasteiger partial charge in [-0.05, 0) is 30.2 Å². The summed E-state index contributed by atoms with van der Waals surface area (Å²) in [6, 6.07) is 9.49. The van der Waals surface area contributed by atoms with Gasteiger partial charge < -0.3 is 10.4 Å². The van der Waals surface area contributed by atoms with Gasteiger partial charge >= 0.3 is 5.97 Å². The van der Waals surface area contributed by atoms with Gasteiger partial charge in [-0.25, -0.2) is 0 Å². The average Bonchev–Trinajstić information content (AvgIpc) is 2.43. The van der Waals surface area contributed by atoms with E-state index in [9.17, 15) is 14.7 Å². The average molecular weight is 305 g/mol. The summed E-state index contributed by atoms with van der Waals surface area (Å²) in [5.41, 5.74) is 0.970. The van der Waals surface area contributed by atoms with Crippen LogP contribution in [0.15, 0.2) is 30.3 Å². The van der Waals surface area contributed by atoms with Crippen LogP contribution in [0, 0.1) is 17.8 Å². The first-order valence-corrected chi connectivity index (χ1v) is 7.92. The Hall–Kier alpha value is -1.84. The Labute approximate surface area is 132 Å². The summed E-state index contributed by atoms with van der Waals surface area (Å²) in [5.74, 6) is -0.649. The number of amides is 1. The molecule has 2 N–H and O–H groups in total. The third kappa shape index (κ3) is 7.25. The standard InChI is InChI=1S/C18H27NO3/c1-13(2)9-14(3)10-17(20)19-12-16(18(21)22)11-15-7-5-4-6-8-15/h4-8,13-14,16H,9-12H2,1-3H3,(H,19,20)(H,21,22). The molecule has 0 spiro atoms. The molecule has 0 bridgehead atoms. The van der Waals surface area contributed by atoms with Crippen molar-refractivity contribution in [2.75, 3.05) is 6.54 Å². The van der Waals surface area contributed by atoms with Gasteiger partial charge in [-0.2, -0.15) is 0 Å². The number of rotatable bonds is 9. The summed E-state index contributed by atoms with van der Waals surface area (Å²) < 4.78 is 0. The van der Waals surface area contributed by atoms with Crippen molar-refractivity contribution >= 4 is 11.9 Å². The van der Waals surface area contributed by atoms with E-state index in [-0.39, 0.29) is 12.5 Å². The van der Waals surface area contributed by atoms with Crippen LogP contribution in [-0.2, 0) is 16.0 Å². The van der Waals surface area contributed by atoms with Crippen molar-refractivity contribution in [3.63, 3.8) is 0 Å². The number of nitrogens with one attached hydrogen (secondary N) is 1. The maximum atomic E-state index is 11.9. The Morgan fingerprint density at radius 1 is 1.14 bits per heavy atom. The van der Waals surface area contributed by atoms with Crippen LogP contribution in [0.3, 0.4) is 0 Å². The fourth-order valence-corrected chi connectivity index (χ4v) is 2.66. The van der Waals surface area contributed by atoms with E-state index < -0.39 is 11.9 Å². The van der Waals surface area contributed by atoms with Crippen molar-refractivity contribution in [3.05, 3.63) is 35.9 Å². The van der Waals surface area contributed by atoms with Crippen LogP contribution < -0.4 is 5.32 Å². The van der Waals surface area contributed by atoms with E-state index in [0.29, 0.717) is 24.7 Å². The molecule has 0 saturated carbocycles. The SMILES string of the molecule is CC(C)CC(C)CC(=O)NCC(Cc1ccccc1)C(=O)O. The fourth-order valence-electron chi connectivity index (χ4n) is 2.66. The lowest BCUT2D eigenvalue weighted by atomic mass is 9.95. The molecule has 0 radical (unpaired) electrons. The molecule has 4 nitrogen and oxygen atoms in total. The number of aliphatic carboxylic acids is 1. The smallest absolute Gasteiger partial charge is 0.308 e. The largest absolute Gasteiger partial charge is 0.481 e. The predicted molar refractivity (Wildman–Crippen MR) is 87.5 cm³/mol. The first kappa shape index (κ1) is 18.2. The number of hydrogen-bond donors (Lipinski definition) is 2. The highest BCUT2D eigenvalue weighted by Crippen LogP contribution is 2.14. The lowest BCUT2D eigenvalue weighted by Gasteiger charge is -2.16. The molecule has 0 heterocycles. The Morgan fingerprint density at radius 3 is 2.32 bits per heavy atom. The maximum absolute atomic E-state index is 11.9. The highest BCUT2D eigenvalue weighted by Gasteiger charge is 2.19. The van der Waals surface area contributed by atoms with Crippen molar-refractivity contribution in [2.24, 2.45) is 17.8 Å². The summed E-state index contributed by atoms with van der Waals surface area (Å²) in [5, 5.41) is 12.1. The van der Waals surface area contributed by atoms with E-state index >= 15 is 0 Å². The number of carbonyl (C=O) groups excluding carboxylic acids is 1. The van der Waals surface area contributed by atoms with Gasteiger partial charge in [0.2, 0.25) is 5.91 Å². The molecule has 0 fully saturated rings. The molecule has 1 amide bonds. The molecule has 2 atom stereocenters. The van der Waals surface area contributed by atoms with Crippen LogP contribution >= 0.6 is 0 Å². The molecule has 4 heteroatoms. The van der Waals surface area contributed by atoms with Crippen LogP contribution in [-0.4, -0.2) is 23.5 Å². The van der Waals surface area contributed by atoms with Crippen LogP contribution in [0.25, 0.3) is 0 Å². The molecular weight excluding hydrogens is 278 g/mol. The molecule has 2 unspecified atom stereocenters. The summed E-state index contributed by atoms with van der Waals surface area (Å²) in [4.78, 5) is 23.2. The minimum absolute atomic E-state index is 0.0625. The molecule has 1 aromatic rings. The van der Waals surface area contributed by atoms with E-state index in [4.69, 9.17) is 0 Å². The molecule has 0 aliphatic carbocycles. The van der Waals surface area contributed by atoms with Crippen molar-refractivity contribution < 1.29 is 14.7 Å². The molecule has 0 aliphatic heterocycles. The first-order valence-electron chi connectivity index (χ1n) is 7.92. The topological polar surface area (TPSA) is 66.4 Å². The quantitative estimate of drug-likeness (QED) is 0.736. The Morgan fingerprint density at radius 2 is 1.77 bits per heavy atom. The number of benzene rings is 1. The van der Waals surface area contributed by atoms with Crippen LogP contribution in [0.1, 0.15) is 39.2 Å². The van der Waals surface area contributed by atoms with Crippen LogP contribution in [0.4, 0.5) is 0 Å². The van der Waals surface area contributed by atoms with Crippen molar-refractivity contribution in [1.29, 1.82) is 0 Å². The van der Waals surface area contributed by atoms with Gasteiger partial charge in [0.05, 0.1) is 5.92 Å². The molecule has 22 heavy (non-hydrogen) atoms. The van der Waals surface area contributed by atoms with E-state index in [2.05, 4.69) is 26.1 Å². The molecule has 0 saturated heterocycles. The molecule has 0 aromatic heterocycles. The number of carbonyl (C=O) groups is 2. The van der Waals surface area contributed by atoms with E-state index in [1.54, 1.807) is 0 Å². The summed E-state index contributed by atoms with van der Waals surface area (Å²) >= 11 is 0. The zero-order valence-corrected chi connectivity index (χ0v) is 13.7. The van der Waals surface area contributed by atoms with Gasteiger partial charge in [-0.3, -0.25) is 9.59 Å². The van der Waals surface area contributed by atoms with Gasteiger partial charge in [0.15, 0.2) is 0 Å². The van der Waals surface area contributed by atoms with Gasteiger partial charge in [0, 0.05) is 13.0 Å². The monoisotopic (exact) mass is 305 g/mol. The zero-order chi connectivity index (χ0) is 16.5. The molecule has 1 rings (SSSR count). The van der Waals surface area contributed by atoms with Crippen LogP contribution in [0.5, 0.6) is 0 Å². The van der Waals surface area contributed by atoms with E-state index in [0.717, 1.165) is 12.0 Å². The molecular formula is C18H27NO3. The fraction of sp³-hybridized carbons (Fsp3) is 0.556. The number of carboxylic acids is 1. The Kier molecular flexibility index (Phi) is 7.64. The maximum Gasteiger partial charge on any atom is 0.308 e. The highest BCUT2D eigenvalue weighted by atomic mass is 16.4. The van der Waals surface area contributed by atoms with Crippen molar-refractivity contribution in [1.82, 2.24) is 5.32 Å². The van der Waals surface area contributed by atoms with Crippen molar-refractivity contribution in [2.45, 2.75) is 40.0 Å². The Bertz CT molecular complexity index is 470. The lowest BCUT2D eigenvalue weighted by Crippen LogP contribution is -2.34. The Balaban J connectivity index is 2.44. The van der Waals surface area contributed by atoms with Gasteiger partial charge in [-0.15, -0.1) is 0 Å². The third-order valence-corrected chi connectivity index (χ3v) is 3.63. The second-order valence-corrected chi connectivity index (χ2v) is 6.47. The third-order valence-electron chi connectivity index (χ3n) is 3.63. The highest BCUT2D eigenvalue weighted by molar-refractivity contribution is 5.77. The minimum atomic E-state index is -0.876. The lowest BCUT2D eigenvalue weighted by molar-refractivity contribution is -0.141. The first-order chi connectivity index (χ1) is 10.4. The van der Waals surface area contributed by atoms with Gasteiger partial charge in [-0.1, -0.05) is 51.1 Å².